The van der Waals surface area contributed by atoms with Crippen molar-refractivity contribution in [1.29, 1.82) is 5.26 Å². The molecule has 0 amide bonds. The summed E-state index contributed by atoms with van der Waals surface area (Å²) < 4.78 is 2.60. The number of benzene rings is 2. The molecule has 0 saturated carbocycles. The van der Waals surface area contributed by atoms with E-state index in [0.717, 1.165) is 27.1 Å². The largest absolute Gasteiger partial charge is 0.226 e. The minimum absolute atomic E-state index is 0.283. The molecule has 1 aromatic heterocycles. The highest BCUT2D eigenvalue weighted by atomic mass is 79.9. The van der Waals surface area contributed by atoms with Crippen molar-refractivity contribution in [2.75, 3.05) is 0 Å². The Morgan fingerprint density at radius 3 is 2.41 bits per heavy atom. The third kappa shape index (κ3) is 2.78. The van der Waals surface area contributed by atoms with Crippen LogP contribution in [-0.2, 0) is 6.42 Å². The number of hydrogen-bond donors (Lipinski definition) is 0. The third-order valence-corrected chi connectivity index (χ3v) is 4.36. The predicted octanol–water partition coefficient (Wildman–Crippen LogP) is 5.02. The number of nitriles is 1. The summed E-state index contributed by atoms with van der Waals surface area (Å²) in [5.74, 6) is 0. The summed E-state index contributed by atoms with van der Waals surface area (Å²) >= 11 is 9.52. The summed E-state index contributed by atoms with van der Waals surface area (Å²) in [5, 5.41) is 14.5. The molecule has 0 atom stereocenters. The summed E-state index contributed by atoms with van der Waals surface area (Å²) in [7, 11) is 0. The highest BCUT2D eigenvalue weighted by Crippen LogP contribution is 2.32. The minimum atomic E-state index is 0.283. The van der Waals surface area contributed by atoms with Gasteiger partial charge in [-0.15, -0.1) is 0 Å². The molecule has 0 spiro atoms. The van der Waals surface area contributed by atoms with Crippen molar-refractivity contribution in [3.63, 3.8) is 0 Å². The molecular weight excluding hydrogens is 362 g/mol. The second-order valence-corrected chi connectivity index (χ2v) is 5.89. The Morgan fingerprint density at radius 2 is 1.77 bits per heavy atom. The third-order valence-electron chi connectivity index (χ3n) is 3.30. The number of rotatable bonds is 3. The second-order valence-electron chi connectivity index (χ2n) is 4.71. The van der Waals surface area contributed by atoms with Crippen LogP contribution in [-0.4, -0.2) is 9.78 Å². The molecule has 0 aliphatic rings. The normalized spacial score (nSPS) is 10.4. The SMILES string of the molecule is N#CCc1c(-c2ccc(Cl)cc2)nn(-c2ccccc2)c1Br. The first-order chi connectivity index (χ1) is 10.7. The van der Waals surface area contributed by atoms with Crippen molar-refractivity contribution in [3.05, 3.63) is 69.8 Å². The molecule has 3 rings (SSSR count). The van der Waals surface area contributed by atoms with Crippen LogP contribution < -0.4 is 0 Å². The summed E-state index contributed by atoms with van der Waals surface area (Å²) in [6, 6.07) is 19.5. The van der Waals surface area contributed by atoms with Crippen LogP contribution in [0.25, 0.3) is 16.9 Å². The number of hydrogen-bond acceptors (Lipinski definition) is 2. The van der Waals surface area contributed by atoms with E-state index in [2.05, 4.69) is 27.1 Å². The Hall–Kier alpha value is -2.09. The highest BCUT2D eigenvalue weighted by molar-refractivity contribution is 9.10. The molecule has 0 bridgehead atoms. The van der Waals surface area contributed by atoms with Gasteiger partial charge in [0.2, 0.25) is 0 Å². The van der Waals surface area contributed by atoms with Crippen molar-refractivity contribution in [2.24, 2.45) is 0 Å². The van der Waals surface area contributed by atoms with E-state index in [1.807, 2.05) is 54.6 Å². The zero-order chi connectivity index (χ0) is 15.5. The maximum Gasteiger partial charge on any atom is 0.114 e. The number of nitrogens with zero attached hydrogens (tertiary/aromatic N) is 3. The molecule has 0 N–H and O–H groups in total. The Labute approximate surface area is 141 Å². The zero-order valence-corrected chi connectivity index (χ0v) is 13.8. The van der Waals surface area contributed by atoms with E-state index < -0.39 is 0 Å². The van der Waals surface area contributed by atoms with Gasteiger partial charge in [0.15, 0.2) is 0 Å². The number of para-hydroxylation sites is 1. The molecule has 0 radical (unpaired) electrons. The van der Waals surface area contributed by atoms with Crippen molar-refractivity contribution in [1.82, 2.24) is 9.78 Å². The first kappa shape index (κ1) is 14.8. The lowest BCUT2D eigenvalue weighted by Crippen LogP contribution is -1.96. The van der Waals surface area contributed by atoms with Crippen LogP contribution in [0.2, 0.25) is 5.02 Å². The van der Waals surface area contributed by atoms with Gasteiger partial charge in [-0.05, 0) is 40.2 Å². The van der Waals surface area contributed by atoms with Gasteiger partial charge in [0.1, 0.15) is 4.60 Å². The molecule has 1 heterocycles. The minimum Gasteiger partial charge on any atom is -0.226 e. The second kappa shape index (κ2) is 6.35. The standard InChI is InChI=1S/C17H11BrClN3/c18-17-15(10-11-20)16(12-6-8-13(19)9-7-12)21-22(17)14-4-2-1-3-5-14/h1-9H,10H2. The molecule has 0 fully saturated rings. The lowest BCUT2D eigenvalue weighted by molar-refractivity contribution is 0.862. The van der Waals surface area contributed by atoms with E-state index >= 15 is 0 Å². The van der Waals surface area contributed by atoms with E-state index in [1.165, 1.54) is 0 Å². The van der Waals surface area contributed by atoms with Gasteiger partial charge in [-0.3, -0.25) is 0 Å². The van der Waals surface area contributed by atoms with Gasteiger partial charge in [0.25, 0.3) is 0 Å². The zero-order valence-electron chi connectivity index (χ0n) is 11.5. The summed E-state index contributed by atoms with van der Waals surface area (Å²) in [6.07, 6.45) is 0.283. The summed E-state index contributed by atoms with van der Waals surface area (Å²) in [4.78, 5) is 0. The Morgan fingerprint density at radius 1 is 1.09 bits per heavy atom. The molecule has 3 aromatic rings. The molecule has 0 aliphatic heterocycles. The van der Waals surface area contributed by atoms with Crippen molar-refractivity contribution >= 4 is 27.5 Å². The molecule has 0 unspecified atom stereocenters. The number of aromatic nitrogens is 2. The van der Waals surface area contributed by atoms with Crippen molar-refractivity contribution in [2.45, 2.75) is 6.42 Å². The van der Waals surface area contributed by atoms with E-state index in [0.29, 0.717) is 5.02 Å². The summed E-state index contributed by atoms with van der Waals surface area (Å²) in [5.41, 5.74) is 3.53. The van der Waals surface area contributed by atoms with E-state index in [-0.39, 0.29) is 6.42 Å². The Balaban J connectivity index is 2.18. The monoisotopic (exact) mass is 371 g/mol. The molecular formula is C17H11BrClN3. The maximum absolute atomic E-state index is 9.11. The smallest absolute Gasteiger partial charge is 0.114 e. The van der Waals surface area contributed by atoms with Crippen LogP contribution in [0.3, 0.4) is 0 Å². The quantitative estimate of drug-likeness (QED) is 0.647. The van der Waals surface area contributed by atoms with Gasteiger partial charge >= 0.3 is 0 Å². The summed E-state index contributed by atoms with van der Waals surface area (Å²) in [6.45, 7) is 0. The Kier molecular flexibility index (Phi) is 4.28. The van der Waals surface area contributed by atoms with E-state index in [4.69, 9.17) is 16.9 Å². The maximum atomic E-state index is 9.11. The van der Waals surface area contributed by atoms with Gasteiger partial charge in [-0.25, -0.2) is 4.68 Å². The molecule has 22 heavy (non-hydrogen) atoms. The van der Waals surface area contributed by atoms with Crippen LogP contribution in [0.15, 0.2) is 59.2 Å². The van der Waals surface area contributed by atoms with Gasteiger partial charge in [-0.2, -0.15) is 10.4 Å². The molecule has 5 heteroatoms. The first-order valence-electron chi connectivity index (χ1n) is 6.66. The molecule has 0 aliphatic carbocycles. The van der Waals surface area contributed by atoms with Gasteiger partial charge in [0.05, 0.1) is 23.9 Å². The lowest BCUT2D eigenvalue weighted by atomic mass is 10.1. The van der Waals surface area contributed by atoms with E-state index in [9.17, 15) is 0 Å². The van der Waals surface area contributed by atoms with Crippen LogP contribution in [0, 0.1) is 11.3 Å². The van der Waals surface area contributed by atoms with Crippen LogP contribution in [0.5, 0.6) is 0 Å². The van der Waals surface area contributed by atoms with Gasteiger partial charge in [0, 0.05) is 16.1 Å². The fourth-order valence-corrected chi connectivity index (χ4v) is 2.98. The fourth-order valence-electron chi connectivity index (χ4n) is 2.25. The van der Waals surface area contributed by atoms with Gasteiger partial charge < -0.3 is 0 Å². The first-order valence-corrected chi connectivity index (χ1v) is 7.83. The average Bonchev–Trinajstić information content (AvgIpc) is 2.87. The molecule has 2 aromatic carbocycles. The van der Waals surface area contributed by atoms with Gasteiger partial charge in [-0.1, -0.05) is 41.9 Å². The molecule has 3 nitrogen and oxygen atoms in total. The number of halogens is 2. The highest BCUT2D eigenvalue weighted by Gasteiger charge is 2.18. The van der Waals surface area contributed by atoms with Crippen LogP contribution in [0.4, 0.5) is 0 Å². The fraction of sp³-hybridized carbons (Fsp3) is 0.0588. The Bertz CT molecular complexity index is 833. The van der Waals surface area contributed by atoms with Crippen molar-refractivity contribution in [3.8, 4) is 23.0 Å². The van der Waals surface area contributed by atoms with Crippen molar-refractivity contribution < 1.29 is 0 Å². The average molecular weight is 373 g/mol. The topological polar surface area (TPSA) is 41.6 Å². The lowest BCUT2D eigenvalue weighted by Gasteiger charge is -2.02. The van der Waals surface area contributed by atoms with E-state index in [1.54, 1.807) is 4.68 Å². The molecule has 0 saturated heterocycles. The predicted molar refractivity (Wildman–Crippen MR) is 91.0 cm³/mol. The molecule has 108 valence electrons. The van der Waals surface area contributed by atoms with Crippen LogP contribution >= 0.6 is 27.5 Å². The van der Waals surface area contributed by atoms with Crippen LogP contribution in [0.1, 0.15) is 5.56 Å².